The van der Waals surface area contributed by atoms with Crippen molar-refractivity contribution in [3.8, 4) is 11.5 Å². The van der Waals surface area contributed by atoms with Gasteiger partial charge in [-0.1, -0.05) is 30.3 Å². The Morgan fingerprint density at radius 2 is 1.93 bits per heavy atom. The molecule has 4 rings (SSSR count). The zero-order valence-electron chi connectivity index (χ0n) is 16.2. The van der Waals surface area contributed by atoms with E-state index in [2.05, 4.69) is 22.2 Å². The van der Waals surface area contributed by atoms with Gasteiger partial charge < -0.3 is 19.5 Å². The second-order valence-electron chi connectivity index (χ2n) is 7.63. The molecule has 2 fully saturated rings. The molecular formula is C22H24F3NO3. The summed E-state index contributed by atoms with van der Waals surface area (Å²) < 4.78 is 53.9. The molecule has 4 nitrogen and oxygen atoms in total. The zero-order valence-corrected chi connectivity index (χ0v) is 16.2. The molecule has 0 radical (unpaired) electrons. The zero-order chi connectivity index (χ0) is 20.5. The SMILES string of the molecule is COc1ccc(OC(F)(F)F)cc1[C@@H]1CO[C@@]2(CCCN[C@H]2c2ccccc2)C1. The molecule has 1 N–H and O–H groups in total. The van der Waals surface area contributed by atoms with Gasteiger partial charge in [0.1, 0.15) is 11.5 Å². The summed E-state index contributed by atoms with van der Waals surface area (Å²) in [7, 11) is 1.52. The molecule has 0 unspecified atom stereocenters. The van der Waals surface area contributed by atoms with E-state index < -0.39 is 12.0 Å². The van der Waals surface area contributed by atoms with Crippen LogP contribution in [0.2, 0.25) is 0 Å². The van der Waals surface area contributed by atoms with Gasteiger partial charge in [0.2, 0.25) is 0 Å². The van der Waals surface area contributed by atoms with E-state index in [1.807, 2.05) is 18.2 Å². The van der Waals surface area contributed by atoms with Crippen LogP contribution >= 0.6 is 0 Å². The van der Waals surface area contributed by atoms with Gasteiger partial charge in [-0.05, 0) is 49.6 Å². The highest BCUT2D eigenvalue weighted by atomic mass is 19.4. The summed E-state index contributed by atoms with van der Waals surface area (Å²) in [6.07, 6.45) is -2.14. The van der Waals surface area contributed by atoms with E-state index in [1.54, 1.807) is 0 Å². The lowest BCUT2D eigenvalue weighted by molar-refractivity contribution is -0.274. The maximum atomic E-state index is 12.7. The number of hydrogen-bond acceptors (Lipinski definition) is 4. The van der Waals surface area contributed by atoms with Gasteiger partial charge in [-0.15, -0.1) is 13.2 Å². The Bertz CT molecular complexity index is 843. The van der Waals surface area contributed by atoms with Crippen molar-refractivity contribution in [3.05, 3.63) is 59.7 Å². The van der Waals surface area contributed by atoms with Gasteiger partial charge in [-0.25, -0.2) is 0 Å². The molecule has 0 amide bonds. The molecular weight excluding hydrogens is 383 g/mol. The van der Waals surface area contributed by atoms with Crippen molar-refractivity contribution >= 4 is 0 Å². The smallest absolute Gasteiger partial charge is 0.496 e. The predicted octanol–water partition coefficient (Wildman–Crippen LogP) is 4.96. The maximum absolute atomic E-state index is 12.7. The number of rotatable bonds is 4. The monoisotopic (exact) mass is 407 g/mol. The third-order valence-electron chi connectivity index (χ3n) is 5.82. The van der Waals surface area contributed by atoms with Gasteiger partial charge >= 0.3 is 6.36 Å². The van der Waals surface area contributed by atoms with Crippen LogP contribution in [0.3, 0.4) is 0 Å². The third-order valence-corrected chi connectivity index (χ3v) is 5.82. The Hall–Kier alpha value is -2.25. The molecule has 29 heavy (non-hydrogen) atoms. The van der Waals surface area contributed by atoms with E-state index in [0.29, 0.717) is 24.3 Å². The summed E-state index contributed by atoms with van der Waals surface area (Å²) >= 11 is 0. The summed E-state index contributed by atoms with van der Waals surface area (Å²) in [5.74, 6) is 0.230. The lowest BCUT2D eigenvalue weighted by Crippen LogP contribution is -2.48. The first kappa shape index (κ1) is 20.0. The predicted molar refractivity (Wildman–Crippen MR) is 102 cm³/mol. The van der Waals surface area contributed by atoms with Crippen LogP contribution in [0.15, 0.2) is 48.5 Å². The molecule has 1 spiro atoms. The van der Waals surface area contributed by atoms with Gasteiger partial charge in [-0.3, -0.25) is 0 Å². The molecule has 7 heteroatoms. The molecule has 0 saturated carbocycles. The topological polar surface area (TPSA) is 39.7 Å². The quantitative estimate of drug-likeness (QED) is 0.778. The molecule has 2 aliphatic heterocycles. The van der Waals surface area contributed by atoms with Gasteiger partial charge in [0.05, 0.1) is 25.4 Å². The van der Waals surface area contributed by atoms with Crippen molar-refractivity contribution < 1.29 is 27.4 Å². The second kappa shape index (κ2) is 7.88. The minimum atomic E-state index is -4.73. The van der Waals surface area contributed by atoms with Crippen molar-refractivity contribution in [1.82, 2.24) is 5.32 Å². The maximum Gasteiger partial charge on any atom is 0.573 e. The first-order chi connectivity index (χ1) is 13.9. The highest BCUT2D eigenvalue weighted by molar-refractivity contribution is 5.43. The molecule has 2 heterocycles. The summed E-state index contributed by atoms with van der Waals surface area (Å²) in [5.41, 5.74) is 1.45. The molecule has 0 aromatic heterocycles. The molecule has 3 atom stereocenters. The Labute approximate surface area is 168 Å². The third kappa shape index (κ3) is 4.21. The van der Waals surface area contributed by atoms with Crippen LogP contribution in [0.25, 0.3) is 0 Å². The fraction of sp³-hybridized carbons (Fsp3) is 0.455. The minimum absolute atomic E-state index is 0.0445. The Balaban J connectivity index is 1.62. The van der Waals surface area contributed by atoms with E-state index in [9.17, 15) is 13.2 Å². The van der Waals surface area contributed by atoms with Crippen LogP contribution in [-0.4, -0.2) is 32.2 Å². The van der Waals surface area contributed by atoms with E-state index >= 15 is 0 Å². The average Bonchev–Trinajstić information content (AvgIpc) is 3.12. The molecule has 0 aliphatic carbocycles. The largest absolute Gasteiger partial charge is 0.573 e. The average molecular weight is 407 g/mol. The van der Waals surface area contributed by atoms with Crippen LogP contribution in [-0.2, 0) is 4.74 Å². The standard InChI is InChI=1S/C22H24F3NO3/c1-27-19-9-8-17(29-22(23,24)25)12-18(19)16-13-21(28-14-16)10-5-11-26-20(21)15-6-3-2-4-7-15/h2-4,6-9,12,16,20,26H,5,10-11,13-14H2,1H3/t16-,20-,21-/m0/s1. The Morgan fingerprint density at radius 1 is 1.14 bits per heavy atom. The second-order valence-corrected chi connectivity index (χ2v) is 7.63. The van der Waals surface area contributed by atoms with Gasteiger partial charge in [0.15, 0.2) is 0 Å². The van der Waals surface area contributed by atoms with Crippen molar-refractivity contribution in [3.63, 3.8) is 0 Å². The van der Waals surface area contributed by atoms with E-state index in [4.69, 9.17) is 9.47 Å². The van der Waals surface area contributed by atoms with Crippen LogP contribution < -0.4 is 14.8 Å². The lowest BCUT2D eigenvalue weighted by atomic mass is 9.77. The number of benzene rings is 2. The summed E-state index contributed by atoms with van der Waals surface area (Å²) in [6, 6.07) is 14.4. The summed E-state index contributed by atoms with van der Waals surface area (Å²) in [6.45, 7) is 1.34. The number of nitrogens with one attached hydrogen (secondary N) is 1. The highest BCUT2D eigenvalue weighted by Gasteiger charge is 2.49. The molecule has 156 valence electrons. The Morgan fingerprint density at radius 3 is 2.66 bits per heavy atom. The van der Waals surface area contributed by atoms with Crippen molar-refractivity contribution in [2.24, 2.45) is 0 Å². The van der Waals surface area contributed by atoms with Gasteiger partial charge in [0.25, 0.3) is 0 Å². The number of ether oxygens (including phenoxy) is 3. The first-order valence-corrected chi connectivity index (χ1v) is 9.76. The molecule has 2 aromatic carbocycles. The fourth-order valence-corrected chi connectivity index (χ4v) is 4.64. The number of hydrogen-bond donors (Lipinski definition) is 1. The Kier molecular flexibility index (Phi) is 5.44. The van der Waals surface area contributed by atoms with E-state index in [-0.39, 0.29) is 17.7 Å². The first-order valence-electron chi connectivity index (χ1n) is 9.76. The van der Waals surface area contributed by atoms with E-state index in [0.717, 1.165) is 24.9 Å². The van der Waals surface area contributed by atoms with Crippen molar-refractivity contribution in [2.75, 3.05) is 20.3 Å². The normalized spacial score (nSPS) is 27.2. The fourth-order valence-electron chi connectivity index (χ4n) is 4.64. The van der Waals surface area contributed by atoms with Crippen LogP contribution in [0, 0.1) is 0 Å². The van der Waals surface area contributed by atoms with Crippen molar-refractivity contribution in [2.45, 2.75) is 43.2 Å². The minimum Gasteiger partial charge on any atom is -0.496 e. The highest BCUT2D eigenvalue weighted by Crippen LogP contribution is 2.50. The van der Waals surface area contributed by atoms with Gasteiger partial charge in [-0.2, -0.15) is 0 Å². The molecule has 2 aliphatic rings. The lowest BCUT2D eigenvalue weighted by Gasteiger charge is -2.41. The number of piperidine rings is 1. The van der Waals surface area contributed by atoms with Crippen LogP contribution in [0.1, 0.15) is 42.3 Å². The van der Waals surface area contributed by atoms with Crippen LogP contribution in [0.5, 0.6) is 11.5 Å². The van der Waals surface area contributed by atoms with Crippen LogP contribution in [0.4, 0.5) is 13.2 Å². The molecule has 0 bridgehead atoms. The summed E-state index contributed by atoms with van der Waals surface area (Å²) in [4.78, 5) is 0. The number of halogens is 3. The summed E-state index contributed by atoms with van der Waals surface area (Å²) in [5, 5.41) is 3.58. The van der Waals surface area contributed by atoms with Gasteiger partial charge in [0, 0.05) is 11.5 Å². The number of methoxy groups -OCH3 is 1. The van der Waals surface area contributed by atoms with Crippen molar-refractivity contribution in [1.29, 1.82) is 0 Å². The molecule has 2 saturated heterocycles. The number of alkyl halides is 3. The van der Waals surface area contributed by atoms with E-state index in [1.165, 1.54) is 25.3 Å². The molecule has 2 aromatic rings.